The van der Waals surface area contributed by atoms with Gasteiger partial charge in [0.1, 0.15) is 0 Å². The fourth-order valence-corrected chi connectivity index (χ4v) is 12.9. The van der Waals surface area contributed by atoms with Crippen LogP contribution in [0.4, 0.5) is 0 Å². The van der Waals surface area contributed by atoms with Crippen molar-refractivity contribution < 1.29 is 0 Å². The molecule has 0 radical (unpaired) electrons. The molecule has 3 nitrogen and oxygen atoms in total. The Labute approximate surface area is 369 Å². The van der Waals surface area contributed by atoms with E-state index >= 15 is 0 Å². The third kappa shape index (κ3) is 4.10. The summed E-state index contributed by atoms with van der Waals surface area (Å²) in [5, 5.41) is 13.4. The molecule has 15 rings (SSSR count). The monoisotopic (exact) mass is 817 g/mol. The van der Waals surface area contributed by atoms with E-state index in [0.717, 1.165) is 0 Å². The second-order valence-corrected chi connectivity index (χ2v) is 19.1. The van der Waals surface area contributed by atoms with Crippen LogP contribution in [0.5, 0.6) is 0 Å². The highest BCUT2D eigenvalue weighted by atomic mass is 15.0. The van der Waals surface area contributed by atoms with Gasteiger partial charge in [0.25, 0.3) is 0 Å². The highest BCUT2D eigenvalue weighted by molar-refractivity contribution is 6.32. The maximum atomic E-state index is 2.70. The summed E-state index contributed by atoms with van der Waals surface area (Å²) < 4.78 is 7.85. The first-order valence-electron chi connectivity index (χ1n) is 23.0. The first-order valence-corrected chi connectivity index (χ1v) is 23.0. The van der Waals surface area contributed by atoms with Crippen molar-refractivity contribution >= 4 is 98.0 Å². The van der Waals surface area contributed by atoms with Crippen LogP contribution in [0.1, 0.15) is 73.3 Å². The summed E-state index contributed by atoms with van der Waals surface area (Å²) in [4.78, 5) is 0. The van der Waals surface area contributed by atoms with Gasteiger partial charge < -0.3 is 13.4 Å². The summed E-state index contributed by atoms with van der Waals surface area (Å²) in [5.41, 5.74) is 21.4. The predicted octanol–water partition coefficient (Wildman–Crippen LogP) is 16.5. The molecular formula is C61H43N3. The highest BCUT2D eigenvalue weighted by Gasteiger charge is 2.34. The molecule has 3 heteroatoms. The van der Waals surface area contributed by atoms with Crippen molar-refractivity contribution in [3.8, 4) is 16.8 Å². The zero-order valence-corrected chi connectivity index (χ0v) is 36.2. The molecule has 302 valence electrons. The van der Waals surface area contributed by atoms with Crippen molar-refractivity contribution in [1.82, 2.24) is 13.4 Å². The lowest BCUT2D eigenvalue weighted by atomic mass is 9.86. The van der Waals surface area contributed by atoms with E-state index in [1.54, 1.807) is 0 Å². The van der Waals surface area contributed by atoms with E-state index in [0.29, 0.717) is 0 Å². The number of para-hydroxylation sites is 4. The Morgan fingerprint density at radius 3 is 1.56 bits per heavy atom. The van der Waals surface area contributed by atoms with Crippen molar-refractivity contribution in [2.24, 2.45) is 0 Å². The van der Waals surface area contributed by atoms with Crippen molar-refractivity contribution in [3.63, 3.8) is 0 Å². The molecule has 14 aromatic rings. The normalized spacial score (nSPS) is 14.4. The Morgan fingerprint density at radius 2 is 0.891 bits per heavy atom. The minimum atomic E-state index is 0.183. The van der Waals surface area contributed by atoms with Crippen LogP contribution in [0, 0.1) is 0 Å². The molecule has 0 amide bonds. The van der Waals surface area contributed by atoms with Crippen molar-refractivity contribution in [2.45, 2.75) is 45.4 Å². The van der Waals surface area contributed by atoms with Gasteiger partial charge in [0.2, 0.25) is 0 Å². The molecule has 1 aliphatic rings. The topological polar surface area (TPSA) is 13.8 Å². The summed E-state index contributed by atoms with van der Waals surface area (Å²) in [5.74, 6) is 0.708. The summed E-state index contributed by atoms with van der Waals surface area (Å²) >= 11 is 0. The molecular weight excluding hydrogens is 775 g/mol. The minimum Gasteiger partial charge on any atom is -0.309 e. The van der Waals surface area contributed by atoms with Crippen LogP contribution < -0.4 is 0 Å². The van der Waals surface area contributed by atoms with Gasteiger partial charge in [0, 0.05) is 65.5 Å². The van der Waals surface area contributed by atoms with E-state index in [2.05, 4.69) is 211 Å². The number of aromatic nitrogens is 3. The van der Waals surface area contributed by atoms with Gasteiger partial charge in [-0.05, 0) is 93.2 Å². The summed E-state index contributed by atoms with van der Waals surface area (Å²) in [7, 11) is 0. The van der Waals surface area contributed by atoms with Crippen LogP contribution in [0.3, 0.4) is 0 Å². The van der Waals surface area contributed by atoms with E-state index < -0.39 is 0 Å². The van der Waals surface area contributed by atoms with Crippen molar-refractivity contribution in [2.75, 3.05) is 0 Å². The zero-order valence-electron chi connectivity index (χ0n) is 36.2. The average Bonchev–Trinajstić information content (AvgIpc) is 4.16. The Bertz CT molecular complexity index is 4290. The molecule has 0 aliphatic heterocycles. The number of hydrogen-bond donors (Lipinski definition) is 0. The molecule has 0 bridgehead atoms. The highest BCUT2D eigenvalue weighted by Crippen LogP contribution is 2.55. The zero-order chi connectivity index (χ0) is 42.3. The molecule has 64 heavy (non-hydrogen) atoms. The Morgan fingerprint density at radius 1 is 0.359 bits per heavy atom. The average molecular weight is 818 g/mol. The lowest BCUT2D eigenvalue weighted by molar-refractivity contribution is 0.869. The van der Waals surface area contributed by atoms with Gasteiger partial charge in [0.05, 0.1) is 44.1 Å². The Balaban J connectivity index is 1.14. The van der Waals surface area contributed by atoms with Gasteiger partial charge >= 0.3 is 0 Å². The molecule has 5 heterocycles. The summed E-state index contributed by atoms with van der Waals surface area (Å²) in [6, 6.07) is 64.3. The third-order valence-electron chi connectivity index (χ3n) is 15.2. The number of hydrogen-bond acceptors (Lipinski definition) is 0. The smallest absolute Gasteiger partial charge is 0.0620 e. The van der Waals surface area contributed by atoms with Gasteiger partial charge in [-0.15, -0.1) is 0 Å². The molecule has 0 N–H and O–H groups in total. The van der Waals surface area contributed by atoms with Crippen LogP contribution >= 0.6 is 0 Å². The number of rotatable bonds is 4. The quantitative estimate of drug-likeness (QED) is 0.168. The molecule has 0 fully saturated rings. The first kappa shape index (κ1) is 34.9. The Kier molecular flexibility index (Phi) is 6.60. The fourth-order valence-electron chi connectivity index (χ4n) is 12.9. The van der Waals surface area contributed by atoms with Crippen LogP contribution in [0.2, 0.25) is 0 Å². The SMILES string of the molecule is CC(C)c1c2c3cccc4c5cc6c7ccccc7n(-c7ccccc7)c6cc5n(c2c(C(C)C)c2c5cccc6c7cc8c(cc7n(c12)c65)C(c1ccccc1)c1ccccc1-8)c43. The molecule has 1 aliphatic carbocycles. The van der Waals surface area contributed by atoms with E-state index in [1.165, 1.54) is 143 Å². The largest absolute Gasteiger partial charge is 0.309 e. The number of fused-ring (bicyclic) bond motifs is 18. The van der Waals surface area contributed by atoms with Crippen LogP contribution in [-0.4, -0.2) is 13.4 Å². The molecule has 1 unspecified atom stereocenters. The van der Waals surface area contributed by atoms with Crippen LogP contribution in [0.15, 0.2) is 170 Å². The van der Waals surface area contributed by atoms with Crippen LogP contribution in [-0.2, 0) is 0 Å². The standard InChI is InChI=1S/C61H43N3/c1-33(2)53-57-43-27-16-25-41-47-30-45-38-22-13-14-28-49(38)62(36-19-9-6-10-20-36)51(45)32-52(47)64(59(41)43)61(57)54(34(3)4)56-42-26-15-24-40-46-29-44-37-21-11-12-23-39(37)55(35-17-7-5-8-18-35)48(44)31-50(46)63(58(40)42)60(53)56/h5-34,55H,1-4H3. The number of benzene rings is 9. The van der Waals surface area contributed by atoms with Gasteiger partial charge in [-0.2, -0.15) is 0 Å². The number of nitrogens with zero attached hydrogens (tertiary/aromatic N) is 3. The van der Waals surface area contributed by atoms with E-state index in [-0.39, 0.29) is 17.8 Å². The van der Waals surface area contributed by atoms with Gasteiger partial charge in [-0.3, -0.25) is 0 Å². The molecule has 9 aromatic carbocycles. The molecule has 5 aromatic heterocycles. The second kappa shape index (κ2) is 12.1. The van der Waals surface area contributed by atoms with E-state index in [4.69, 9.17) is 0 Å². The fraction of sp³-hybridized carbons (Fsp3) is 0.115. The van der Waals surface area contributed by atoms with Crippen LogP contribution in [0.25, 0.3) is 115 Å². The lowest BCUT2D eigenvalue weighted by Gasteiger charge is -2.19. The maximum Gasteiger partial charge on any atom is 0.0620 e. The van der Waals surface area contributed by atoms with Gasteiger partial charge in [-0.1, -0.05) is 155 Å². The Hall–Kier alpha value is -7.62. The van der Waals surface area contributed by atoms with Gasteiger partial charge in [0.15, 0.2) is 0 Å². The lowest BCUT2D eigenvalue weighted by Crippen LogP contribution is -2.01. The van der Waals surface area contributed by atoms with Gasteiger partial charge in [-0.25, -0.2) is 0 Å². The molecule has 0 spiro atoms. The van der Waals surface area contributed by atoms with Crippen molar-refractivity contribution in [3.05, 3.63) is 198 Å². The predicted molar refractivity (Wildman–Crippen MR) is 271 cm³/mol. The van der Waals surface area contributed by atoms with Crippen molar-refractivity contribution in [1.29, 1.82) is 0 Å². The molecule has 0 saturated heterocycles. The molecule has 1 atom stereocenters. The third-order valence-corrected chi connectivity index (χ3v) is 15.2. The minimum absolute atomic E-state index is 0.183. The van der Waals surface area contributed by atoms with E-state index in [9.17, 15) is 0 Å². The maximum absolute atomic E-state index is 2.70. The second-order valence-electron chi connectivity index (χ2n) is 19.1. The first-order chi connectivity index (χ1) is 31.5. The molecule has 0 saturated carbocycles. The summed E-state index contributed by atoms with van der Waals surface area (Å²) in [6.45, 7) is 9.68. The van der Waals surface area contributed by atoms with E-state index in [1.807, 2.05) is 0 Å². The summed E-state index contributed by atoms with van der Waals surface area (Å²) in [6.07, 6.45) is 0.